The highest BCUT2D eigenvalue weighted by atomic mass is 14.9. The molecule has 1 heterocycles. The van der Waals surface area contributed by atoms with Gasteiger partial charge in [-0.1, -0.05) is 48.5 Å². The summed E-state index contributed by atoms with van der Waals surface area (Å²) in [6.45, 7) is 6.42. The van der Waals surface area contributed by atoms with E-state index in [0.29, 0.717) is 0 Å². The average Bonchev–Trinajstić information content (AvgIpc) is 2.50. The number of anilines is 1. The second-order valence-corrected chi connectivity index (χ2v) is 5.90. The fourth-order valence-electron chi connectivity index (χ4n) is 2.71. The molecule has 0 spiro atoms. The fraction of sp³-hybridized carbons (Fsp3) is 0.211. The van der Waals surface area contributed by atoms with E-state index >= 15 is 0 Å². The van der Waals surface area contributed by atoms with Crippen molar-refractivity contribution in [3.8, 4) is 0 Å². The first kappa shape index (κ1) is 13.6. The van der Waals surface area contributed by atoms with Crippen LogP contribution in [0.15, 0.2) is 71.4 Å². The summed E-state index contributed by atoms with van der Waals surface area (Å²) in [7, 11) is 0. The summed E-state index contributed by atoms with van der Waals surface area (Å²) < 4.78 is 0. The lowest BCUT2D eigenvalue weighted by atomic mass is 9.91. The van der Waals surface area contributed by atoms with Gasteiger partial charge in [-0.3, -0.25) is 4.99 Å². The Kier molecular flexibility index (Phi) is 3.38. The van der Waals surface area contributed by atoms with E-state index in [1.54, 1.807) is 0 Å². The summed E-state index contributed by atoms with van der Waals surface area (Å²) in [4.78, 5) is 5.07. The van der Waals surface area contributed by atoms with Crippen LogP contribution in [0.5, 0.6) is 0 Å². The lowest BCUT2D eigenvalue weighted by molar-refractivity contribution is 0.560. The van der Waals surface area contributed by atoms with Crippen LogP contribution in [-0.2, 0) is 5.54 Å². The predicted molar refractivity (Wildman–Crippen MR) is 89.8 cm³/mol. The van der Waals surface area contributed by atoms with Crippen LogP contribution in [0, 0.1) is 0 Å². The molecule has 2 aromatic rings. The van der Waals surface area contributed by atoms with Gasteiger partial charge in [-0.2, -0.15) is 0 Å². The van der Waals surface area contributed by atoms with Crippen molar-refractivity contribution in [3.63, 3.8) is 0 Å². The minimum absolute atomic E-state index is 0.274. The molecule has 1 aliphatic heterocycles. The van der Waals surface area contributed by atoms with E-state index in [9.17, 15) is 0 Å². The quantitative estimate of drug-likeness (QED) is 0.799. The number of aliphatic imine (C=N–C) groups is 1. The third kappa shape index (κ3) is 2.62. The molecule has 0 aromatic heterocycles. The topological polar surface area (TPSA) is 24.4 Å². The van der Waals surface area contributed by atoms with Crippen molar-refractivity contribution in [1.82, 2.24) is 0 Å². The minimum atomic E-state index is -0.274. The highest BCUT2D eigenvalue weighted by Gasteiger charge is 2.25. The molecule has 106 valence electrons. The van der Waals surface area contributed by atoms with Gasteiger partial charge >= 0.3 is 0 Å². The number of hydrogen-bond donors (Lipinski definition) is 1. The lowest BCUT2D eigenvalue weighted by Gasteiger charge is -2.27. The Morgan fingerprint density at radius 2 is 1.57 bits per heavy atom. The number of nitrogens with one attached hydrogen (secondary N) is 1. The maximum atomic E-state index is 5.07. The zero-order chi connectivity index (χ0) is 14.9. The molecular formula is C19H20N2. The zero-order valence-electron chi connectivity index (χ0n) is 12.7. The molecule has 0 unspecified atom stereocenters. The summed E-state index contributed by atoms with van der Waals surface area (Å²) in [6, 6.07) is 18.7. The lowest BCUT2D eigenvalue weighted by Crippen LogP contribution is -2.22. The largest absolute Gasteiger partial charge is 0.361 e. The third-order valence-electron chi connectivity index (χ3n) is 3.84. The summed E-state index contributed by atoms with van der Waals surface area (Å²) in [5.41, 5.74) is 5.40. The number of nitrogens with zero attached hydrogens (tertiary/aromatic N) is 1. The number of allylic oxidation sites excluding steroid dienone is 1. The molecule has 2 heteroatoms. The molecular weight excluding hydrogens is 256 g/mol. The van der Waals surface area contributed by atoms with Crippen molar-refractivity contribution in [2.75, 3.05) is 5.32 Å². The first-order valence-corrected chi connectivity index (χ1v) is 7.26. The molecule has 1 aliphatic rings. The molecule has 0 saturated carbocycles. The number of para-hydroxylation sites is 1. The first-order chi connectivity index (χ1) is 10.1. The molecule has 21 heavy (non-hydrogen) atoms. The normalized spacial score (nSPS) is 19.2. The predicted octanol–water partition coefficient (Wildman–Crippen LogP) is 4.74. The SMILES string of the molecule is C/C1=C/Nc2ccccc2C(C)(C)N=C1c1ccccc1. The number of fused-ring (bicyclic) bond motifs is 1. The maximum Gasteiger partial charge on any atom is 0.0828 e. The van der Waals surface area contributed by atoms with Crippen molar-refractivity contribution in [2.24, 2.45) is 4.99 Å². The van der Waals surface area contributed by atoms with E-state index in [4.69, 9.17) is 4.99 Å². The van der Waals surface area contributed by atoms with Gasteiger partial charge in [-0.05, 0) is 32.4 Å². The van der Waals surface area contributed by atoms with Crippen molar-refractivity contribution >= 4 is 11.4 Å². The fourth-order valence-corrected chi connectivity index (χ4v) is 2.71. The highest BCUT2D eigenvalue weighted by molar-refractivity contribution is 6.12. The summed E-state index contributed by atoms with van der Waals surface area (Å²) in [5, 5.41) is 3.43. The van der Waals surface area contributed by atoms with Crippen LogP contribution >= 0.6 is 0 Å². The Bertz CT molecular complexity index is 709. The van der Waals surface area contributed by atoms with E-state index in [0.717, 1.165) is 22.5 Å². The van der Waals surface area contributed by atoms with Crippen LogP contribution in [0.4, 0.5) is 5.69 Å². The molecule has 0 radical (unpaired) electrons. The number of benzene rings is 2. The molecule has 2 aromatic carbocycles. The van der Waals surface area contributed by atoms with Crippen LogP contribution < -0.4 is 5.32 Å². The molecule has 1 N–H and O–H groups in total. The molecule has 0 aliphatic carbocycles. The molecule has 0 atom stereocenters. The highest BCUT2D eigenvalue weighted by Crippen LogP contribution is 2.34. The monoisotopic (exact) mass is 276 g/mol. The van der Waals surface area contributed by atoms with E-state index in [2.05, 4.69) is 74.6 Å². The first-order valence-electron chi connectivity index (χ1n) is 7.26. The Morgan fingerprint density at radius 3 is 2.33 bits per heavy atom. The Morgan fingerprint density at radius 1 is 0.905 bits per heavy atom. The van der Waals surface area contributed by atoms with Gasteiger partial charge < -0.3 is 5.32 Å². The van der Waals surface area contributed by atoms with Crippen LogP contribution in [0.25, 0.3) is 0 Å². The van der Waals surface area contributed by atoms with Crippen molar-refractivity contribution in [1.29, 1.82) is 0 Å². The minimum Gasteiger partial charge on any atom is -0.361 e. The number of hydrogen-bond acceptors (Lipinski definition) is 2. The Labute approximate surface area is 126 Å². The number of rotatable bonds is 1. The third-order valence-corrected chi connectivity index (χ3v) is 3.84. The van der Waals surface area contributed by atoms with Gasteiger partial charge in [0.25, 0.3) is 0 Å². The van der Waals surface area contributed by atoms with E-state index in [1.807, 2.05) is 12.3 Å². The van der Waals surface area contributed by atoms with Crippen molar-refractivity contribution < 1.29 is 0 Å². The second-order valence-electron chi connectivity index (χ2n) is 5.90. The molecule has 0 fully saturated rings. The van der Waals surface area contributed by atoms with Gasteiger partial charge in [-0.25, -0.2) is 0 Å². The summed E-state index contributed by atoms with van der Waals surface area (Å²) in [6.07, 6.45) is 2.04. The molecule has 0 saturated heterocycles. The Balaban J connectivity index is 2.19. The smallest absolute Gasteiger partial charge is 0.0828 e. The van der Waals surface area contributed by atoms with Crippen molar-refractivity contribution in [2.45, 2.75) is 26.3 Å². The molecule has 0 amide bonds. The van der Waals surface area contributed by atoms with Crippen LogP contribution in [0.3, 0.4) is 0 Å². The van der Waals surface area contributed by atoms with Gasteiger partial charge in [0.15, 0.2) is 0 Å². The molecule has 3 rings (SSSR count). The Hall–Kier alpha value is -2.35. The van der Waals surface area contributed by atoms with Gasteiger partial charge in [0.2, 0.25) is 0 Å². The van der Waals surface area contributed by atoms with Crippen LogP contribution in [-0.4, -0.2) is 5.71 Å². The summed E-state index contributed by atoms with van der Waals surface area (Å²) >= 11 is 0. The summed E-state index contributed by atoms with van der Waals surface area (Å²) in [5.74, 6) is 0. The van der Waals surface area contributed by atoms with E-state index in [1.165, 1.54) is 5.56 Å². The van der Waals surface area contributed by atoms with Crippen LogP contribution in [0.1, 0.15) is 31.9 Å². The van der Waals surface area contributed by atoms with E-state index in [-0.39, 0.29) is 5.54 Å². The van der Waals surface area contributed by atoms with Crippen LogP contribution in [0.2, 0.25) is 0 Å². The van der Waals surface area contributed by atoms with Gasteiger partial charge in [0.05, 0.1) is 11.3 Å². The molecule has 2 nitrogen and oxygen atoms in total. The standard InChI is InChI=1S/C19H20N2/c1-14-13-20-17-12-8-7-11-16(17)19(2,3)21-18(14)15-9-5-4-6-10-15/h4-13,20H,1-3H3/b14-13-,21-18?. The van der Waals surface area contributed by atoms with Gasteiger partial charge in [0, 0.05) is 23.0 Å². The van der Waals surface area contributed by atoms with Crippen molar-refractivity contribution in [3.05, 3.63) is 77.5 Å². The zero-order valence-corrected chi connectivity index (χ0v) is 12.7. The molecule has 0 bridgehead atoms. The second kappa shape index (κ2) is 5.21. The van der Waals surface area contributed by atoms with E-state index < -0.39 is 0 Å². The van der Waals surface area contributed by atoms with Gasteiger partial charge in [-0.15, -0.1) is 0 Å². The average molecular weight is 276 g/mol. The maximum absolute atomic E-state index is 5.07. The van der Waals surface area contributed by atoms with Gasteiger partial charge in [0.1, 0.15) is 0 Å².